The molecule has 1 aromatic carbocycles. The highest BCUT2D eigenvalue weighted by atomic mass is 16.4. The molecule has 4 heteroatoms. The zero-order valence-corrected chi connectivity index (χ0v) is 8.38. The third-order valence-corrected chi connectivity index (χ3v) is 2.21. The van der Waals surface area contributed by atoms with Crippen molar-refractivity contribution < 1.29 is 19.4 Å². The summed E-state index contributed by atoms with van der Waals surface area (Å²) in [6.07, 6.45) is 0. The molecule has 2 N–H and O–H groups in total. The summed E-state index contributed by atoms with van der Waals surface area (Å²) in [6.45, 7) is -0.0552. The minimum Gasteiger partial charge on any atom is -0.475 e. The number of benzene rings is 1. The van der Waals surface area contributed by atoms with E-state index in [0.717, 1.165) is 11.1 Å². The van der Waals surface area contributed by atoms with Gasteiger partial charge < -0.3 is 14.6 Å². The fraction of sp³-hybridized carbons (Fsp3) is 0.0833. The number of furan rings is 1. The van der Waals surface area contributed by atoms with Crippen LogP contribution >= 0.6 is 0 Å². The monoisotopic (exact) mass is 218 g/mol. The van der Waals surface area contributed by atoms with Crippen LogP contribution in [0.25, 0.3) is 11.3 Å². The van der Waals surface area contributed by atoms with Crippen molar-refractivity contribution in [2.75, 3.05) is 0 Å². The Bertz CT molecular complexity index is 513. The molecule has 1 heterocycles. The van der Waals surface area contributed by atoms with Gasteiger partial charge in [-0.3, -0.25) is 0 Å². The fourth-order valence-electron chi connectivity index (χ4n) is 1.43. The molecule has 4 nitrogen and oxygen atoms in total. The molecule has 2 aromatic rings. The van der Waals surface area contributed by atoms with Crippen LogP contribution in [-0.4, -0.2) is 16.2 Å². The van der Waals surface area contributed by atoms with Crippen LogP contribution < -0.4 is 0 Å². The topological polar surface area (TPSA) is 70.7 Å². The molecule has 82 valence electrons. The highest BCUT2D eigenvalue weighted by molar-refractivity contribution is 5.85. The first kappa shape index (κ1) is 10.4. The lowest BCUT2D eigenvalue weighted by molar-refractivity contribution is 0.0663. The van der Waals surface area contributed by atoms with Crippen LogP contribution in [0.4, 0.5) is 0 Å². The van der Waals surface area contributed by atoms with E-state index in [1.54, 1.807) is 30.3 Å². The lowest BCUT2D eigenvalue weighted by Gasteiger charge is -1.99. The Hall–Kier alpha value is -2.07. The highest BCUT2D eigenvalue weighted by Crippen LogP contribution is 2.23. The Morgan fingerprint density at radius 1 is 1.25 bits per heavy atom. The van der Waals surface area contributed by atoms with Crippen molar-refractivity contribution in [3.8, 4) is 11.3 Å². The van der Waals surface area contributed by atoms with E-state index >= 15 is 0 Å². The number of carbonyl (C=O) groups is 1. The van der Waals surface area contributed by atoms with Gasteiger partial charge >= 0.3 is 5.97 Å². The van der Waals surface area contributed by atoms with Crippen LogP contribution in [0.5, 0.6) is 0 Å². The van der Waals surface area contributed by atoms with Crippen molar-refractivity contribution in [3.63, 3.8) is 0 Å². The van der Waals surface area contributed by atoms with Gasteiger partial charge in [0.2, 0.25) is 5.76 Å². The fourth-order valence-corrected chi connectivity index (χ4v) is 1.43. The minimum atomic E-state index is -1.09. The molecular formula is C12H10O4. The van der Waals surface area contributed by atoms with Gasteiger partial charge in [0.05, 0.1) is 6.61 Å². The van der Waals surface area contributed by atoms with Gasteiger partial charge in [0, 0.05) is 5.56 Å². The van der Waals surface area contributed by atoms with E-state index in [1.807, 2.05) is 0 Å². The van der Waals surface area contributed by atoms with E-state index in [2.05, 4.69) is 0 Å². The molecule has 16 heavy (non-hydrogen) atoms. The Kier molecular flexibility index (Phi) is 2.74. The standard InChI is InChI=1S/C12H10O4/c13-7-8-2-1-3-9(6-8)10-4-5-11(16-10)12(14)15/h1-6,13H,7H2,(H,14,15). The second-order valence-electron chi connectivity index (χ2n) is 3.33. The average molecular weight is 218 g/mol. The van der Waals surface area contributed by atoms with Crippen molar-refractivity contribution in [1.82, 2.24) is 0 Å². The molecule has 0 aliphatic carbocycles. The van der Waals surface area contributed by atoms with Crippen molar-refractivity contribution in [1.29, 1.82) is 0 Å². The van der Waals surface area contributed by atoms with Gasteiger partial charge in [-0.05, 0) is 23.8 Å². The molecule has 0 spiro atoms. The highest BCUT2D eigenvalue weighted by Gasteiger charge is 2.10. The van der Waals surface area contributed by atoms with Crippen molar-refractivity contribution in [2.24, 2.45) is 0 Å². The zero-order chi connectivity index (χ0) is 11.5. The summed E-state index contributed by atoms with van der Waals surface area (Å²) in [4.78, 5) is 10.6. The first-order chi connectivity index (χ1) is 7.70. The normalized spacial score (nSPS) is 10.3. The second-order valence-corrected chi connectivity index (χ2v) is 3.33. The molecule has 0 fully saturated rings. The maximum atomic E-state index is 10.6. The Balaban J connectivity index is 2.38. The molecule has 0 saturated heterocycles. The van der Waals surface area contributed by atoms with Gasteiger partial charge in [0.25, 0.3) is 0 Å². The largest absolute Gasteiger partial charge is 0.475 e. The van der Waals surface area contributed by atoms with E-state index in [1.165, 1.54) is 6.07 Å². The summed E-state index contributed by atoms with van der Waals surface area (Å²) in [5, 5.41) is 17.7. The SMILES string of the molecule is O=C(O)c1ccc(-c2cccc(CO)c2)o1. The first-order valence-electron chi connectivity index (χ1n) is 4.74. The molecule has 0 atom stereocenters. The van der Waals surface area contributed by atoms with Gasteiger partial charge in [-0.25, -0.2) is 4.79 Å². The third-order valence-electron chi connectivity index (χ3n) is 2.21. The Morgan fingerprint density at radius 2 is 2.06 bits per heavy atom. The maximum absolute atomic E-state index is 10.6. The summed E-state index contributed by atoms with van der Waals surface area (Å²) in [7, 11) is 0. The molecule has 0 unspecified atom stereocenters. The van der Waals surface area contributed by atoms with Gasteiger partial charge in [-0.2, -0.15) is 0 Å². The van der Waals surface area contributed by atoms with Crippen molar-refractivity contribution in [3.05, 3.63) is 47.7 Å². The van der Waals surface area contributed by atoms with Crippen LogP contribution in [0.3, 0.4) is 0 Å². The van der Waals surface area contributed by atoms with Crippen LogP contribution in [0.1, 0.15) is 16.1 Å². The Morgan fingerprint density at radius 3 is 2.69 bits per heavy atom. The predicted octanol–water partition coefficient (Wildman–Crippen LogP) is 2.14. The predicted molar refractivity (Wildman–Crippen MR) is 57.0 cm³/mol. The lowest BCUT2D eigenvalue weighted by atomic mass is 10.1. The van der Waals surface area contributed by atoms with E-state index in [0.29, 0.717) is 5.76 Å². The van der Waals surface area contributed by atoms with Crippen LogP contribution in [0.15, 0.2) is 40.8 Å². The summed E-state index contributed by atoms with van der Waals surface area (Å²) in [5.74, 6) is -0.707. The number of hydrogen-bond acceptors (Lipinski definition) is 3. The summed E-state index contributed by atoms with van der Waals surface area (Å²) in [6, 6.07) is 10.1. The number of rotatable bonds is 3. The minimum absolute atomic E-state index is 0.0552. The number of aromatic carboxylic acids is 1. The van der Waals surface area contributed by atoms with Gasteiger partial charge in [0.1, 0.15) is 5.76 Å². The second kappa shape index (κ2) is 4.20. The third kappa shape index (κ3) is 1.97. The lowest BCUT2D eigenvalue weighted by Crippen LogP contribution is -1.91. The molecule has 2 rings (SSSR count). The number of carboxylic acids is 1. The van der Waals surface area contributed by atoms with Crippen molar-refractivity contribution >= 4 is 5.97 Å². The van der Waals surface area contributed by atoms with E-state index in [4.69, 9.17) is 14.6 Å². The quantitative estimate of drug-likeness (QED) is 0.827. The van der Waals surface area contributed by atoms with E-state index < -0.39 is 5.97 Å². The number of aliphatic hydroxyl groups excluding tert-OH is 1. The smallest absolute Gasteiger partial charge is 0.371 e. The number of carboxylic acid groups (broad SMARTS) is 1. The van der Waals surface area contributed by atoms with Gasteiger partial charge in [-0.1, -0.05) is 18.2 Å². The number of hydrogen-bond donors (Lipinski definition) is 2. The average Bonchev–Trinajstić information content (AvgIpc) is 2.78. The molecule has 1 aromatic heterocycles. The molecule has 0 amide bonds. The molecule has 0 aliphatic rings. The van der Waals surface area contributed by atoms with Crippen molar-refractivity contribution in [2.45, 2.75) is 6.61 Å². The number of aliphatic hydroxyl groups is 1. The summed E-state index contributed by atoms with van der Waals surface area (Å²) >= 11 is 0. The molecule has 0 saturated carbocycles. The van der Waals surface area contributed by atoms with Crippen LogP contribution in [0, 0.1) is 0 Å². The zero-order valence-electron chi connectivity index (χ0n) is 8.38. The summed E-state index contributed by atoms with van der Waals surface area (Å²) in [5.41, 5.74) is 1.50. The van der Waals surface area contributed by atoms with Gasteiger partial charge in [-0.15, -0.1) is 0 Å². The van der Waals surface area contributed by atoms with Crippen LogP contribution in [0.2, 0.25) is 0 Å². The molecule has 0 radical (unpaired) electrons. The van der Waals surface area contributed by atoms with E-state index in [-0.39, 0.29) is 12.4 Å². The van der Waals surface area contributed by atoms with Crippen LogP contribution in [-0.2, 0) is 6.61 Å². The summed E-state index contributed by atoms with van der Waals surface area (Å²) < 4.78 is 5.15. The van der Waals surface area contributed by atoms with Gasteiger partial charge in [0.15, 0.2) is 0 Å². The molecule has 0 aliphatic heterocycles. The molecule has 0 bridgehead atoms. The van der Waals surface area contributed by atoms with E-state index in [9.17, 15) is 4.79 Å². The maximum Gasteiger partial charge on any atom is 0.371 e. The Labute approximate surface area is 91.8 Å². The molecular weight excluding hydrogens is 208 g/mol. The first-order valence-corrected chi connectivity index (χ1v) is 4.74.